The highest BCUT2D eigenvalue weighted by Gasteiger charge is 2.14. The molecule has 0 spiro atoms. The lowest BCUT2D eigenvalue weighted by atomic mass is 10.1. The van der Waals surface area contributed by atoms with E-state index in [-0.39, 0.29) is 24.9 Å². The summed E-state index contributed by atoms with van der Waals surface area (Å²) in [6, 6.07) is 29.7. The molecular formula is C29H31N5O2. The van der Waals surface area contributed by atoms with Crippen molar-refractivity contribution in [1.82, 2.24) is 25.3 Å². The second-order valence-electron chi connectivity index (χ2n) is 8.65. The van der Waals surface area contributed by atoms with Crippen molar-refractivity contribution in [2.45, 2.75) is 26.1 Å². The summed E-state index contributed by atoms with van der Waals surface area (Å²) < 4.78 is 1.90. The highest BCUT2D eigenvalue weighted by atomic mass is 16.2. The van der Waals surface area contributed by atoms with Gasteiger partial charge >= 0.3 is 6.03 Å². The first-order valence-electron chi connectivity index (χ1n) is 12.0. The quantitative estimate of drug-likeness (QED) is 0.351. The normalized spacial score (nSPS) is 10.6. The predicted molar refractivity (Wildman–Crippen MR) is 141 cm³/mol. The van der Waals surface area contributed by atoms with Gasteiger partial charge in [-0.15, -0.1) is 0 Å². The molecule has 0 saturated carbocycles. The fourth-order valence-corrected chi connectivity index (χ4v) is 3.91. The topological polar surface area (TPSA) is 79.3 Å². The molecule has 0 bridgehead atoms. The Labute approximate surface area is 211 Å². The number of carbonyl (C=O) groups is 2. The van der Waals surface area contributed by atoms with Crippen LogP contribution in [0.2, 0.25) is 0 Å². The van der Waals surface area contributed by atoms with Crippen LogP contribution < -0.4 is 10.6 Å². The molecule has 7 heteroatoms. The number of urea groups is 1. The Morgan fingerprint density at radius 2 is 1.44 bits per heavy atom. The fourth-order valence-electron chi connectivity index (χ4n) is 3.91. The molecular weight excluding hydrogens is 450 g/mol. The first-order valence-corrected chi connectivity index (χ1v) is 12.0. The second kappa shape index (κ2) is 12.4. The molecule has 0 radical (unpaired) electrons. The lowest BCUT2D eigenvalue weighted by molar-refractivity contribution is -0.121. The third kappa shape index (κ3) is 7.06. The number of amides is 3. The molecule has 1 heterocycles. The zero-order valence-corrected chi connectivity index (χ0v) is 20.4. The van der Waals surface area contributed by atoms with Crippen molar-refractivity contribution >= 4 is 11.9 Å². The van der Waals surface area contributed by atoms with Crippen LogP contribution in [0, 0.1) is 0 Å². The zero-order chi connectivity index (χ0) is 25.2. The fraction of sp³-hybridized carbons (Fsp3) is 0.207. The lowest BCUT2D eigenvalue weighted by Crippen LogP contribution is -2.38. The van der Waals surface area contributed by atoms with Gasteiger partial charge < -0.3 is 15.5 Å². The summed E-state index contributed by atoms with van der Waals surface area (Å²) in [6.45, 7) is 1.79. The van der Waals surface area contributed by atoms with Gasteiger partial charge in [-0.2, -0.15) is 5.10 Å². The summed E-state index contributed by atoms with van der Waals surface area (Å²) in [5.41, 5.74) is 5.00. The first kappa shape index (κ1) is 24.7. The number of hydrogen-bond acceptors (Lipinski definition) is 3. The molecule has 3 amide bonds. The Morgan fingerprint density at radius 1 is 0.833 bits per heavy atom. The average Bonchev–Trinajstić information content (AvgIpc) is 3.31. The predicted octanol–water partition coefficient (Wildman–Crippen LogP) is 4.45. The molecule has 4 rings (SSSR count). The van der Waals surface area contributed by atoms with Crippen LogP contribution >= 0.6 is 0 Å². The van der Waals surface area contributed by atoms with Crippen LogP contribution in [-0.2, 0) is 24.4 Å². The molecule has 0 aliphatic carbocycles. The number of carbonyl (C=O) groups excluding carboxylic acids is 2. The molecule has 1 aromatic heterocycles. The van der Waals surface area contributed by atoms with E-state index in [1.807, 2.05) is 89.7 Å². The van der Waals surface area contributed by atoms with E-state index in [1.54, 1.807) is 11.9 Å². The van der Waals surface area contributed by atoms with E-state index < -0.39 is 0 Å². The van der Waals surface area contributed by atoms with E-state index in [4.69, 9.17) is 5.10 Å². The lowest BCUT2D eigenvalue weighted by Gasteiger charge is -2.18. The monoisotopic (exact) mass is 481 g/mol. The molecule has 0 atom stereocenters. The van der Waals surface area contributed by atoms with Gasteiger partial charge in [0.1, 0.15) is 0 Å². The van der Waals surface area contributed by atoms with Crippen molar-refractivity contribution in [3.8, 4) is 11.3 Å². The maximum atomic E-state index is 12.5. The summed E-state index contributed by atoms with van der Waals surface area (Å²) in [6.07, 6.45) is 2.18. The third-order valence-electron chi connectivity index (χ3n) is 5.79. The minimum absolute atomic E-state index is 0.129. The van der Waals surface area contributed by atoms with Crippen LogP contribution in [-0.4, -0.2) is 40.2 Å². The number of benzene rings is 3. The van der Waals surface area contributed by atoms with Crippen molar-refractivity contribution in [3.05, 3.63) is 114 Å². The summed E-state index contributed by atoms with van der Waals surface area (Å²) in [7, 11) is 1.74. The summed E-state index contributed by atoms with van der Waals surface area (Å²) in [5.74, 6) is -0.129. The van der Waals surface area contributed by atoms with E-state index in [0.29, 0.717) is 19.6 Å². The van der Waals surface area contributed by atoms with Gasteiger partial charge in [-0.1, -0.05) is 91.0 Å². The average molecular weight is 482 g/mol. The zero-order valence-electron chi connectivity index (χ0n) is 20.4. The molecule has 0 unspecified atom stereocenters. The molecule has 0 fully saturated rings. The molecule has 7 nitrogen and oxygen atoms in total. The summed E-state index contributed by atoms with van der Waals surface area (Å²) >= 11 is 0. The van der Waals surface area contributed by atoms with Crippen molar-refractivity contribution in [2.24, 2.45) is 0 Å². The van der Waals surface area contributed by atoms with Crippen molar-refractivity contribution in [3.63, 3.8) is 0 Å². The van der Waals surface area contributed by atoms with Crippen LogP contribution in [0.25, 0.3) is 11.3 Å². The Kier molecular flexibility index (Phi) is 8.48. The minimum atomic E-state index is -0.208. The largest absolute Gasteiger partial charge is 0.352 e. The van der Waals surface area contributed by atoms with Crippen LogP contribution in [0.15, 0.2) is 97.2 Å². The number of nitrogens with zero attached hydrogens (tertiary/aromatic N) is 3. The maximum Gasteiger partial charge on any atom is 0.317 e. The van der Waals surface area contributed by atoms with Crippen molar-refractivity contribution in [1.29, 1.82) is 0 Å². The van der Waals surface area contributed by atoms with E-state index in [2.05, 4.69) is 22.8 Å². The Balaban J connectivity index is 1.30. The first-order chi connectivity index (χ1) is 17.6. The highest BCUT2D eigenvalue weighted by Crippen LogP contribution is 2.22. The SMILES string of the molecule is CN(Cc1ccccc1)C(=O)NCCC(=O)NCc1cn(Cc2ccccc2)nc1-c1ccccc1. The Hall–Kier alpha value is -4.39. The minimum Gasteiger partial charge on any atom is -0.352 e. The van der Waals surface area contributed by atoms with Crippen molar-refractivity contribution in [2.75, 3.05) is 13.6 Å². The van der Waals surface area contributed by atoms with Crippen LogP contribution in [0.4, 0.5) is 4.79 Å². The molecule has 0 aliphatic rings. The van der Waals surface area contributed by atoms with Gasteiger partial charge in [-0.3, -0.25) is 9.48 Å². The molecule has 4 aromatic rings. The van der Waals surface area contributed by atoms with Gasteiger partial charge in [-0.05, 0) is 11.1 Å². The molecule has 2 N–H and O–H groups in total. The van der Waals surface area contributed by atoms with E-state index in [9.17, 15) is 9.59 Å². The Morgan fingerprint density at radius 3 is 2.11 bits per heavy atom. The standard InChI is InChI=1S/C29H31N5O2/c1-33(20-23-11-5-2-6-12-23)29(36)30-18-17-27(35)31-19-26-22-34(21-24-13-7-3-8-14-24)32-28(26)25-15-9-4-10-16-25/h2-16,22H,17-21H2,1H3,(H,30,36)(H,31,35). The smallest absolute Gasteiger partial charge is 0.317 e. The van der Waals surface area contributed by atoms with E-state index in [0.717, 1.165) is 27.9 Å². The van der Waals surface area contributed by atoms with Gasteiger partial charge in [0, 0.05) is 50.4 Å². The van der Waals surface area contributed by atoms with Gasteiger partial charge in [0.05, 0.1) is 12.2 Å². The van der Waals surface area contributed by atoms with Crippen LogP contribution in [0.5, 0.6) is 0 Å². The van der Waals surface area contributed by atoms with Gasteiger partial charge in [-0.25, -0.2) is 4.79 Å². The van der Waals surface area contributed by atoms with E-state index in [1.165, 1.54) is 0 Å². The third-order valence-corrected chi connectivity index (χ3v) is 5.79. The van der Waals surface area contributed by atoms with Gasteiger partial charge in [0.25, 0.3) is 0 Å². The molecule has 3 aromatic carbocycles. The van der Waals surface area contributed by atoms with Crippen molar-refractivity contribution < 1.29 is 9.59 Å². The second-order valence-corrected chi connectivity index (χ2v) is 8.65. The molecule has 0 saturated heterocycles. The summed E-state index contributed by atoms with van der Waals surface area (Å²) in [4.78, 5) is 26.4. The van der Waals surface area contributed by atoms with Crippen LogP contribution in [0.1, 0.15) is 23.1 Å². The number of rotatable bonds is 10. The Bertz CT molecular complexity index is 1260. The molecule has 36 heavy (non-hydrogen) atoms. The van der Waals surface area contributed by atoms with E-state index >= 15 is 0 Å². The maximum absolute atomic E-state index is 12.5. The number of hydrogen-bond donors (Lipinski definition) is 2. The van der Waals surface area contributed by atoms with Gasteiger partial charge in [0.15, 0.2) is 0 Å². The number of aromatic nitrogens is 2. The molecule has 184 valence electrons. The highest BCUT2D eigenvalue weighted by molar-refractivity contribution is 5.78. The van der Waals surface area contributed by atoms with Gasteiger partial charge in [0.2, 0.25) is 5.91 Å². The molecule has 0 aliphatic heterocycles. The van der Waals surface area contributed by atoms with Crippen LogP contribution in [0.3, 0.4) is 0 Å². The number of nitrogens with one attached hydrogen (secondary N) is 2. The summed E-state index contributed by atoms with van der Waals surface area (Å²) in [5, 5.41) is 10.6.